The first-order valence-electron chi connectivity index (χ1n) is 7.91. The molecule has 0 radical (unpaired) electrons. The predicted molar refractivity (Wildman–Crippen MR) is 88.2 cm³/mol. The van der Waals surface area contributed by atoms with Crippen molar-refractivity contribution in [1.82, 2.24) is 14.7 Å². The maximum absolute atomic E-state index is 14.4. The number of likely N-dealkylation sites (N-methyl/N-ethyl adjacent to an activating group) is 1. The second-order valence-corrected chi connectivity index (χ2v) is 5.82. The molecule has 0 spiro atoms. The molecule has 1 aromatic carbocycles. The fourth-order valence-corrected chi connectivity index (χ4v) is 2.90. The van der Waals surface area contributed by atoms with E-state index in [0.29, 0.717) is 37.7 Å². The molecular formula is C17H21FN4O2. The molecule has 24 heavy (non-hydrogen) atoms. The van der Waals surface area contributed by atoms with Gasteiger partial charge in [-0.25, -0.2) is 4.39 Å². The number of anilines is 1. The van der Waals surface area contributed by atoms with Gasteiger partial charge >= 0.3 is 0 Å². The minimum atomic E-state index is -0.692. The highest BCUT2D eigenvalue weighted by molar-refractivity contribution is 5.96. The lowest BCUT2D eigenvalue weighted by Crippen LogP contribution is -2.46. The molecule has 2 aromatic rings. The smallest absolute Gasteiger partial charge is 0.249 e. The molecule has 1 amide bonds. The SMILES string of the molecule is CN(C(=O)C(c1ccccc1F)N1CCOCC1)c1ccn(C)n1. The van der Waals surface area contributed by atoms with Crippen LogP contribution in [0.15, 0.2) is 36.5 Å². The number of benzene rings is 1. The summed E-state index contributed by atoms with van der Waals surface area (Å²) < 4.78 is 21.4. The molecule has 2 heterocycles. The van der Waals surface area contributed by atoms with Gasteiger partial charge in [0.1, 0.15) is 11.9 Å². The summed E-state index contributed by atoms with van der Waals surface area (Å²) in [6.07, 6.45) is 1.77. The zero-order valence-electron chi connectivity index (χ0n) is 13.9. The van der Waals surface area contributed by atoms with E-state index in [1.54, 1.807) is 49.2 Å². The number of halogens is 1. The topological polar surface area (TPSA) is 50.6 Å². The fraction of sp³-hybridized carbons (Fsp3) is 0.412. The number of morpholine rings is 1. The van der Waals surface area contributed by atoms with Crippen LogP contribution in [0, 0.1) is 5.82 Å². The van der Waals surface area contributed by atoms with Gasteiger partial charge in [0.2, 0.25) is 5.91 Å². The summed E-state index contributed by atoms with van der Waals surface area (Å²) in [4.78, 5) is 16.6. The van der Waals surface area contributed by atoms with E-state index in [2.05, 4.69) is 5.10 Å². The minimum Gasteiger partial charge on any atom is -0.379 e. The van der Waals surface area contributed by atoms with Crippen molar-refractivity contribution in [3.8, 4) is 0 Å². The van der Waals surface area contributed by atoms with Gasteiger partial charge in [0.25, 0.3) is 0 Å². The Labute approximate surface area is 140 Å². The maximum Gasteiger partial charge on any atom is 0.249 e. The van der Waals surface area contributed by atoms with E-state index < -0.39 is 6.04 Å². The van der Waals surface area contributed by atoms with Crippen LogP contribution in [0.3, 0.4) is 0 Å². The summed E-state index contributed by atoms with van der Waals surface area (Å²) in [6, 6.07) is 7.50. The van der Waals surface area contributed by atoms with Crippen LogP contribution in [0.5, 0.6) is 0 Å². The lowest BCUT2D eigenvalue weighted by atomic mass is 10.0. The number of amides is 1. The van der Waals surface area contributed by atoms with Crippen LogP contribution < -0.4 is 4.90 Å². The van der Waals surface area contributed by atoms with Crippen molar-refractivity contribution in [2.24, 2.45) is 7.05 Å². The number of hydrogen-bond donors (Lipinski definition) is 0. The third-order valence-corrected chi connectivity index (χ3v) is 4.22. The van der Waals surface area contributed by atoms with Gasteiger partial charge in [-0.05, 0) is 6.07 Å². The summed E-state index contributed by atoms with van der Waals surface area (Å²) in [5, 5.41) is 4.26. The molecule has 0 saturated carbocycles. The van der Waals surface area contributed by atoms with E-state index in [1.165, 1.54) is 11.0 Å². The zero-order chi connectivity index (χ0) is 17.1. The van der Waals surface area contributed by atoms with E-state index >= 15 is 0 Å². The Balaban J connectivity index is 1.94. The molecule has 1 unspecified atom stereocenters. The fourth-order valence-electron chi connectivity index (χ4n) is 2.90. The molecule has 1 fully saturated rings. The highest BCUT2D eigenvalue weighted by Gasteiger charge is 2.33. The molecule has 1 aliphatic rings. The average molecular weight is 332 g/mol. The van der Waals surface area contributed by atoms with Crippen molar-refractivity contribution >= 4 is 11.7 Å². The van der Waals surface area contributed by atoms with Gasteiger partial charge in [0, 0.05) is 45.0 Å². The number of nitrogens with zero attached hydrogens (tertiary/aromatic N) is 4. The van der Waals surface area contributed by atoms with Crippen LogP contribution in [-0.4, -0.2) is 53.9 Å². The number of carbonyl (C=O) groups excluding carboxylic acids is 1. The Kier molecular flexibility index (Phi) is 4.92. The average Bonchev–Trinajstić information content (AvgIpc) is 3.03. The van der Waals surface area contributed by atoms with Crippen molar-refractivity contribution in [2.75, 3.05) is 38.3 Å². The van der Waals surface area contributed by atoms with Gasteiger partial charge in [-0.15, -0.1) is 0 Å². The van der Waals surface area contributed by atoms with Crippen molar-refractivity contribution in [3.05, 3.63) is 47.9 Å². The molecule has 7 heteroatoms. The molecule has 0 N–H and O–H groups in total. The monoisotopic (exact) mass is 332 g/mol. The second-order valence-electron chi connectivity index (χ2n) is 5.82. The lowest BCUT2D eigenvalue weighted by molar-refractivity contribution is -0.125. The van der Waals surface area contributed by atoms with E-state index in [0.717, 1.165) is 0 Å². The summed E-state index contributed by atoms with van der Waals surface area (Å²) in [7, 11) is 3.46. The number of aromatic nitrogens is 2. The summed E-state index contributed by atoms with van der Waals surface area (Å²) in [6.45, 7) is 2.23. The largest absolute Gasteiger partial charge is 0.379 e. The number of aryl methyl sites for hydroxylation is 1. The van der Waals surface area contributed by atoms with E-state index in [4.69, 9.17) is 4.74 Å². The third-order valence-electron chi connectivity index (χ3n) is 4.22. The van der Waals surface area contributed by atoms with Crippen molar-refractivity contribution in [1.29, 1.82) is 0 Å². The first-order valence-corrected chi connectivity index (χ1v) is 7.91. The number of ether oxygens (including phenoxy) is 1. The lowest BCUT2D eigenvalue weighted by Gasteiger charge is -2.35. The van der Waals surface area contributed by atoms with Crippen LogP contribution in [0.2, 0.25) is 0 Å². The van der Waals surface area contributed by atoms with Crippen LogP contribution in [0.1, 0.15) is 11.6 Å². The highest BCUT2D eigenvalue weighted by Crippen LogP contribution is 2.27. The number of carbonyl (C=O) groups is 1. The van der Waals surface area contributed by atoms with Gasteiger partial charge in [0.15, 0.2) is 5.82 Å². The van der Waals surface area contributed by atoms with Gasteiger partial charge in [-0.2, -0.15) is 5.10 Å². The molecule has 128 valence electrons. The second kappa shape index (κ2) is 7.11. The van der Waals surface area contributed by atoms with Crippen molar-refractivity contribution < 1.29 is 13.9 Å². The molecular weight excluding hydrogens is 311 g/mol. The zero-order valence-corrected chi connectivity index (χ0v) is 13.9. The Morgan fingerprint density at radius 2 is 2.00 bits per heavy atom. The van der Waals surface area contributed by atoms with Crippen LogP contribution in [-0.2, 0) is 16.6 Å². The normalized spacial score (nSPS) is 16.8. The molecule has 0 bridgehead atoms. The summed E-state index contributed by atoms with van der Waals surface area (Å²) in [5.41, 5.74) is 0.382. The molecule has 0 aliphatic carbocycles. The Morgan fingerprint density at radius 3 is 2.62 bits per heavy atom. The molecule has 3 rings (SSSR count). The predicted octanol–water partition coefficient (Wildman–Crippen LogP) is 1.60. The van der Waals surface area contributed by atoms with Gasteiger partial charge in [-0.1, -0.05) is 18.2 Å². The highest BCUT2D eigenvalue weighted by atomic mass is 19.1. The Bertz CT molecular complexity index is 712. The number of rotatable bonds is 4. The Morgan fingerprint density at radius 1 is 1.29 bits per heavy atom. The van der Waals surface area contributed by atoms with E-state index in [1.807, 2.05) is 4.90 Å². The minimum absolute atomic E-state index is 0.208. The molecule has 1 atom stereocenters. The summed E-state index contributed by atoms with van der Waals surface area (Å²) >= 11 is 0. The standard InChI is InChI=1S/C17H21FN4O2/c1-20-8-7-15(19-20)21(2)17(23)16(22-9-11-24-12-10-22)13-5-3-4-6-14(13)18/h3-8,16H,9-12H2,1-2H3. The van der Waals surface area contributed by atoms with Crippen LogP contribution in [0.25, 0.3) is 0 Å². The molecule has 1 aromatic heterocycles. The van der Waals surface area contributed by atoms with E-state index in [9.17, 15) is 9.18 Å². The van der Waals surface area contributed by atoms with Gasteiger partial charge in [0.05, 0.1) is 13.2 Å². The van der Waals surface area contributed by atoms with Crippen LogP contribution in [0.4, 0.5) is 10.2 Å². The van der Waals surface area contributed by atoms with E-state index in [-0.39, 0.29) is 11.7 Å². The van der Waals surface area contributed by atoms with Gasteiger partial charge in [-0.3, -0.25) is 19.3 Å². The molecule has 1 saturated heterocycles. The van der Waals surface area contributed by atoms with Crippen molar-refractivity contribution in [3.63, 3.8) is 0 Å². The van der Waals surface area contributed by atoms with Crippen LogP contribution >= 0.6 is 0 Å². The maximum atomic E-state index is 14.4. The molecule has 1 aliphatic heterocycles. The summed E-state index contributed by atoms with van der Waals surface area (Å²) in [5.74, 6) is -0.0467. The molecule has 6 nitrogen and oxygen atoms in total. The number of hydrogen-bond acceptors (Lipinski definition) is 4. The Hall–Kier alpha value is -2.25. The first kappa shape index (κ1) is 16.6. The third kappa shape index (κ3) is 3.32. The van der Waals surface area contributed by atoms with Crippen molar-refractivity contribution in [2.45, 2.75) is 6.04 Å². The quantitative estimate of drug-likeness (QED) is 0.853. The first-order chi connectivity index (χ1) is 11.6. The van der Waals surface area contributed by atoms with Gasteiger partial charge < -0.3 is 4.74 Å².